The summed E-state index contributed by atoms with van der Waals surface area (Å²) in [6.45, 7) is 7.29. The Bertz CT molecular complexity index is 352. The molecule has 0 aliphatic rings. The zero-order valence-corrected chi connectivity index (χ0v) is 12.6. The van der Waals surface area contributed by atoms with Crippen LogP contribution in [0.5, 0.6) is 0 Å². The molecule has 0 heterocycles. The summed E-state index contributed by atoms with van der Waals surface area (Å²) in [6, 6.07) is 6.48. The van der Waals surface area contributed by atoms with Gasteiger partial charge in [-0.15, -0.1) is 0 Å². The van der Waals surface area contributed by atoms with Crippen molar-refractivity contribution in [2.45, 2.75) is 20.3 Å². The molecule has 0 saturated heterocycles. The van der Waals surface area contributed by atoms with Gasteiger partial charge < -0.3 is 10.6 Å². The lowest BCUT2D eigenvalue weighted by Crippen LogP contribution is -2.30. The first kappa shape index (κ1) is 14.7. The van der Waals surface area contributed by atoms with Gasteiger partial charge in [-0.3, -0.25) is 0 Å². The molecule has 3 heteroatoms. The van der Waals surface area contributed by atoms with E-state index in [1.54, 1.807) is 0 Å². The molecule has 1 atom stereocenters. The Kier molecular flexibility index (Phi) is 6.17. The van der Waals surface area contributed by atoms with Crippen LogP contribution in [-0.2, 0) is 6.42 Å². The molecule has 0 bridgehead atoms. The molecule has 0 saturated carbocycles. The van der Waals surface area contributed by atoms with Gasteiger partial charge in [-0.05, 0) is 56.1 Å². The standard InChI is InChI=1S/C14H23BrN2/c1-11(9-16)10-17(3)7-6-13-8-14(15)5-4-12(13)2/h4-5,8,11H,6-7,9-10,16H2,1-3H3. The highest BCUT2D eigenvalue weighted by molar-refractivity contribution is 9.10. The summed E-state index contributed by atoms with van der Waals surface area (Å²) in [6.07, 6.45) is 1.10. The first-order chi connectivity index (χ1) is 8.02. The third-order valence-electron chi connectivity index (χ3n) is 3.10. The zero-order chi connectivity index (χ0) is 12.8. The van der Waals surface area contributed by atoms with Crippen LogP contribution in [0.2, 0.25) is 0 Å². The van der Waals surface area contributed by atoms with E-state index in [1.165, 1.54) is 11.1 Å². The average Bonchev–Trinajstić information content (AvgIpc) is 2.30. The van der Waals surface area contributed by atoms with E-state index in [0.717, 1.165) is 30.5 Å². The Morgan fingerprint density at radius 2 is 2.12 bits per heavy atom. The molecule has 1 unspecified atom stereocenters. The fourth-order valence-corrected chi connectivity index (χ4v) is 2.33. The maximum Gasteiger partial charge on any atom is 0.0178 e. The van der Waals surface area contributed by atoms with Crippen molar-refractivity contribution in [1.82, 2.24) is 4.90 Å². The zero-order valence-electron chi connectivity index (χ0n) is 11.0. The number of nitrogens with two attached hydrogens (primary N) is 1. The molecule has 1 aromatic carbocycles. The van der Waals surface area contributed by atoms with Crippen molar-refractivity contribution in [3.05, 3.63) is 33.8 Å². The Balaban J connectivity index is 2.47. The van der Waals surface area contributed by atoms with Gasteiger partial charge in [0.2, 0.25) is 0 Å². The number of rotatable bonds is 6. The highest BCUT2D eigenvalue weighted by atomic mass is 79.9. The van der Waals surface area contributed by atoms with E-state index >= 15 is 0 Å². The van der Waals surface area contributed by atoms with Crippen LogP contribution >= 0.6 is 15.9 Å². The maximum absolute atomic E-state index is 5.64. The molecule has 0 amide bonds. The molecule has 0 aliphatic carbocycles. The van der Waals surface area contributed by atoms with Crippen LogP contribution < -0.4 is 5.73 Å². The van der Waals surface area contributed by atoms with Crippen LogP contribution in [0, 0.1) is 12.8 Å². The van der Waals surface area contributed by atoms with E-state index in [-0.39, 0.29) is 0 Å². The first-order valence-corrected chi connectivity index (χ1v) is 6.96. The minimum atomic E-state index is 0.573. The van der Waals surface area contributed by atoms with Crippen molar-refractivity contribution in [2.75, 3.05) is 26.7 Å². The molecule has 96 valence electrons. The van der Waals surface area contributed by atoms with Crippen molar-refractivity contribution in [3.8, 4) is 0 Å². The van der Waals surface area contributed by atoms with Gasteiger partial charge in [0.05, 0.1) is 0 Å². The van der Waals surface area contributed by atoms with Crippen LogP contribution in [0.1, 0.15) is 18.1 Å². The van der Waals surface area contributed by atoms with Crippen molar-refractivity contribution in [3.63, 3.8) is 0 Å². The molecule has 0 spiro atoms. The lowest BCUT2D eigenvalue weighted by Gasteiger charge is -2.20. The SMILES string of the molecule is Cc1ccc(Br)cc1CCN(C)CC(C)CN. The van der Waals surface area contributed by atoms with Gasteiger partial charge in [0.1, 0.15) is 0 Å². The summed E-state index contributed by atoms with van der Waals surface area (Å²) in [5.41, 5.74) is 8.43. The highest BCUT2D eigenvalue weighted by Crippen LogP contribution is 2.16. The minimum Gasteiger partial charge on any atom is -0.330 e. The maximum atomic E-state index is 5.64. The second kappa shape index (κ2) is 7.14. The molecule has 2 nitrogen and oxygen atoms in total. The lowest BCUT2D eigenvalue weighted by atomic mass is 10.1. The highest BCUT2D eigenvalue weighted by Gasteiger charge is 2.06. The summed E-state index contributed by atoms with van der Waals surface area (Å²) in [5, 5.41) is 0. The van der Waals surface area contributed by atoms with E-state index < -0.39 is 0 Å². The second-order valence-corrected chi connectivity index (χ2v) is 5.84. The van der Waals surface area contributed by atoms with Crippen LogP contribution in [0.3, 0.4) is 0 Å². The molecule has 2 N–H and O–H groups in total. The third-order valence-corrected chi connectivity index (χ3v) is 3.59. The quantitative estimate of drug-likeness (QED) is 0.875. The van der Waals surface area contributed by atoms with Gasteiger partial charge in [-0.25, -0.2) is 0 Å². The lowest BCUT2D eigenvalue weighted by molar-refractivity contribution is 0.292. The van der Waals surface area contributed by atoms with Crippen molar-refractivity contribution >= 4 is 15.9 Å². The number of likely N-dealkylation sites (N-methyl/N-ethyl adjacent to an activating group) is 1. The Morgan fingerprint density at radius 1 is 1.41 bits per heavy atom. The largest absolute Gasteiger partial charge is 0.330 e. The van der Waals surface area contributed by atoms with E-state index in [2.05, 4.69) is 59.9 Å². The molecule has 17 heavy (non-hydrogen) atoms. The number of halogens is 1. The number of nitrogens with zero attached hydrogens (tertiary/aromatic N) is 1. The van der Waals surface area contributed by atoms with Crippen LogP contribution in [0.15, 0.2) is 22.7 Å². The van der Waals surface area contributed by atoms with Gasteiger partial charge in [0.15, 0.2) is 0 Å². The molecule has 0 aromatic heterocycles. The molecule has 0 radical (unpaired) electrons. The van der Waals surface area contributed by atoms with Crippen LogP contribution in [-0.4, -0.2) is 31.6 Å². The topological polar surface area (TPSA) is 29.3 Å². The molecule has 1 rings (SSSR count). The van der Waals surface area contributed by atoms with Crippen molar-refractivity contribution < 1.29 is 0 Å². The molecule has 1 aromatic rings. The number of aryl methyl sites for hydroxylation is 1. The van der Waals surface area contributed by atoms with Crippen molar-refractivity contribution in [1.29, 1.82) is 0 Å². The van der Waals surface area contributed by atoms with Crippen LogP contribution in [0.25, 0.3) is 0 Å². The second-order valence-electron chi connectivity index (χ2n) is 4.92. The molecule has 0 aliphatic heterocycles. The smallest absolute Gasteiger partial charge is 0.0178 e. The summed E-state index contributed by atoms with van der Waals surface area (Å²) in [5.74, 6) is 0.573. The van der Waals surface area contributed by atoms with Crippen molar-refractivity contribution in [2.24, 2.45) is 11.7 Å². The first-order valence-electron chi connectivity index (χ1n) is 6.16. The third kappa shape index (κ3) is 5.19. The molecule has 0 fully saturated rings. The van der Waals surface area contributed by atoms with Gasteiger partial charge in [-0.2, -0.15) is 0 Å². The van der Waals surface area contributed by atoms with E-state index in [1.807, 2.05) is 0 Å². The average molecular weight is 299 g/mol. The predicted octanol–water partition coefficient (Wildman–Crippen LogP) is 2.83. The summed E-state index contributed by atoms with van der Waals surface area (Å²) in [7, 11) is 2.17. The summed E-state index contributed by atoms with van der Waals surface area (Å²) in [4.78, 5) is 2.36. The van der Waals surface area contributed by atoms with E-state index in [9.17, 15) is 0 Å². The van der Waals surface area contributed by atoms with Gasteiger partial charge in [0, 0.05) is 17.6 Å². The van der Waals surface area contributed by atoms with Crippen LogP contribution in [0.4, 0.5) is 0 Å². The van der Waals surface area contributed by atoms with Gasteiger partial charge >= 0.3 is 0 Å². The fourth-order valence-electron chi connectivity index (χ4n) is 1.92. The predicted molar refractivity (Wildman–Crippen MR) is 78.3 cm³/mol. The molecular weight excluding hydrogens is 276 g/mol. The summed E-state index contributed by atoms with van der Waals surface area (Å²) >= 11 is 3.52. The Hall–Kier alpha value is -0.380. The van der Waals surface area contributed by atoms with E-state index in [4.69, 9.17) is 5.73 Å². The normalized spacial score (nSPS) is 13.1. The van der Waals surface area contributed by atoms with Gasteiger partial charge in [-0.1, -0.05) is 28.9 Å². The Labute approximate surface area is 113 Å². The number of hydrogen-bond acceptors (Lipinski definition) is 2. The number of benzene rings is 1. The summed E-state index contributed by atoms with van der Waals surface area (Å²) < 4.78 is 1.16. The van der Waals surface area contributed by atoms with Gasteiger partial charge in [0.25, 0.3) is 0 Å². The number of hydrogen-bond donors (Lipinski definition) is 1. The van der Waals surface area contributed by atoms with E-state index in [0.29, 0.717) is 5.92 Å². The Morgan fingerprint density at radius 3 is 2.76 bits per heavy atom. The fraction of sp³-hybridized carbons (Fsp3) is 0.571. The minimum absolute atomic E-state index is 0.573. The molecular formula is C14H23BrN2. The monoisotopic (exact) mass is 298 g/mol.